The van der Waals surface area contributed by atoms with E-state index in [0.717, 1.165) is 11.2 Å². The summed E-state index contributed by atoms with van der Waals surface area (Å²) in [6.45, 7) is 0. The van der Waals surface area contributed by atoms with Crippen molar-refractivity contribution in [1.82, 2.24) is 0 Å². The normalized spacial score (nSPS) is 33.2. The molecule has 0 bridgehead atoms. The molecule has 0 N–H and O–H groups in total. The van der Waals surface area contributed by atoms with Crippen LogP contribution in [0.15, 0.2) is 30.3 Å². The third-order valence-electron chi connectivity index (χ3n) is 4.01. The molecule has 0 aromatic heterocycles. The van der Waals surface area contributed by atoms with Crippen molar-refractivity contribution in [1.29, 1.82) is 0 Å². The predicted octanol–water partition coefficient (Wildman–Crippen LogP) is 3.38. The Kier molecular flexibility index (Phi) is 3.35. The molecule has 3 rings (SSSR count). The van der Waals surface area contributed by atoms with Crippen molar-refractivity contribution in [3.8, 4) is 0 Å². The fourth-order valence-electron chi connectivity index (χ4n) is 3.09. The van der Waals surface area contributed by atoms with Gasteiger partial charge in [0.15, 0.2) is 0 Å². The quantitative estimate of drug-likeness (QED) is 0.725. The molecule has 1 saturated carbocycles. The summed E-state index contributed by atoms with van der Waals surface area (Å²) in [4.78, 5) is 13.5. The summed E-state index contributed by atoms with van der Waals surface area (Å²) in [6, 6.07) is 10.7. The Bertz CT molecular complexity index is 401. The van der Waals surface area contributed by atoms with Crippen LogP contribution in [0.3, 0.4) is 0 Å². The summed E-state index contributed by atoms with van der Waals surface area (Å²) in [5.41, 5.74) is 1.39. The van der Waals surface area contributed by atoms with E-state index in [9.17, 15) is 4.79 Å². The van der Waals surface area contributed by atoms with Crippen LogP contribution in [0.4, 0.5) is 0 Å². The molecule has 0 amide bonds. The molecular formula is C15H18OSe. The first kappa shape index (κ1) is 11.5. The van der Waals surface area contributed by atoms with Gasteiger partial charge in [0.25, 0.3) is 0 Å². The monoisotopic (exact) mass is 294 g/mol. The van der Waals surface area contributed by atoms with Crippen LogP contribution in [-0.4, -0.2) is 20.7 Å². The number of hydrogen-bond acceptors (Lipinski definition) is 1. The zero-order valence-electron chi connectivity index (χ0n) is 9.97. The first-order valence-electron chi connectivity index (χ1n) is 6.58. The molecule has 0 unspecified atom stereocenters. The molecule has 3 atom stereocenters. The van der Waals surface area contributed by atoms with Gasteiger partial charge in [-0.15, -0.1) is 0 Å². The Morgan fingerprint density at radius 1 is 1.06 bits per heavy atom. The van der Waals surface area contributed by atoms with Gasteiger partial charge in [-0.1, -0.05) is 0 Å². The van der Waals surface area contributed by atoms with E-state index in [1.807, 2.05) is 0 Å². The van der Waals surface area contributed by atoms with Crippen molar-refractivity contribution < 1.29 is 4.79 Å². The molecule has 1 heterocycles. The molecule has 90 valence electrons. The first-order valence-corrected chi connectivity index (χ1v) is 8.55. The second-order valence-electron chi connectivity index (χ2n) is 5.14. The van der Waals surface area contributed by atoms with E-state index in [1.54, 1.807) is 0 Å². The first-order chi connectivity index (χ1) is 8.34. The number of benzene rings is 1. The van der Waals surface area contributed by atoms with Gasteiger partial charge in [-0.25, -0.2) is 0 Å². The van der Waals surface area contributed by atoms with E-state index >= 15 is 0 Å². The van der Waals surface area contributed by atoms with Gasteiger partial charge in [-0.3, -0.25) is 0 Å². The number of Topliss-reactive ketones (excluding diaryl/α,β-unsaturated/α-hetero) is 1. The Labute approximate surface area is 109 Å². The van der Waals surface area contributed by atoms with Gasteiger partial charge < -0.3 is 0 Å². The maximum atomic E-state index is 12.2. The summed E-state index contributed by atoms with van der Waals surface area (Å²) in [6.07, 6.45) is 5.91. The number of rotatable bonds is 1. The molecular weight excluding hydrogens is 275 g/mol. The zero-order chi connectivity index (χ0) is 11.7. The van der Waals surface area contributed by atoms with Crippen LogP contribution in [0.5, 0.6) is 0 Å². The van der Waals surface area contributed by atoms with Crippen molar-refractivity contribution in [2.24, 2.45) is 5.92 Å². The molecule has 2 aliphatic rings. The van der Waals surface area contributed by atoms with Crippen LogP contribution in [-0.2, 0) is 4.79 Å². The summed E-state index contributed by atoms with van der Waals surface area (Å²) in [5, 5.41) is 0. The molecule has 17 heavy (non-hydrogen) atoms. The van der Waals surface area contributed by atoms with Crippen molar-refractivity contribution >= 4 is 20.7 Å². The minimum absolute atomic E-state index is 0.434. The maximum absolute atomic E-state index is 12.2. The van der Waals surface area contributed by atoms with Gasteiger partial charge in [0.05, 0.1) is 0 Å². The van der Waals surface area contributed by atoms with E-state index in [1.165, 1.54) is 31.2 Å². The summed E-state index contributed by atoms with van der Waals surface area (Å²) in [5.74, 6) is 0.986. The third kappa shape index (κ3) is 2.34. The molecule has 1 aromatic rings. The summed E-state index contributed by atoms with van der Waals surface area (Å²) in [7, 11) is 0. The molecule has 1 aliphatic heterocycles. The second kappa shape index (κ2) is 4.96. The van der Waals surface area contributed by atoms with Crippen LogP contribution < -0.4 is 0 Å². The number of carbonyl (C=O) groups is 1. The van der Waals surface area contributed by atoms with Gasteiger partial charge >= 0.3 is 109 Å². The Balaban J connectivity index is 1.79. The average molecular weight is 293 g/mol. The standard InChI is InChI=1S/C15H18OSe/c16-13-10-15(11-6-2-1-3-7-11)17-14-9-5-4-8-12(13)14/h1-3,6-7,12,14-15H,4-5,8-10H2/t12-,14+,15-/m1/s1. The summed E-state index contributed by atoms with van der Waals surface area (Å²) >= 11 is 0.625. The fourth-order valence-corrected chi connectivity index (χ4v) is 6.81. The Morgan fingerprint density at radius 2 is 1.82 bits per heavy atom. The van der Waals surface area contributed by atoms with Crippen LogP contribution in [0.25, 0.3) is 0 Å². The van der Waals surface area contributed by atoms with Crippen LogP contribution >= 0.6 is 0 Å². The van der Waals surface area contributed by atoms with Gasteiger partial charge in [0.1, 0.15) is 0 Å². The summed E-state index contributed by atoms with van der Waals surface area (Å²) < 4.78 is 0. The molecule has 2 fully saturated rings. The Morgan fingerprint density at radius 3 is 2.65 bits per heavy atom. The van der Waals surface area contributed by atoms with Gasteiger partial charge in [0.2, 0.25) is 0 Å². The van der Waals surface area contributed by atoms with Gasteiger partial charge in [0, 0.05) is 0 Å². The minimum atomic E-state index is 0.434. The van der Waals surface area contributed by atoms with Gasteiger partial charge in [-0.05, 0) is 0 Å². The van der Waals surface area contributed by atoms with E-state index < -0.39 is 0 Å². The third-order valence-corrected chi connectivity index (χ3v) is 7.54. The molecule has 1 saturated heterocycles. The van der Waals surface area contributed by atoms with E-state index in [0.29, 0.717) is 31.5 Å². The molecule has 0 radical (unpaired) electrons. The van der Waals surface area contributed by atoms with Crippen LogP contribution in [0, 0.1) is 5.92 Å². The van der Waals surface area contributed by atoms with Crippen molar-refractivity contribution in [2.45, 2.75) is 41.7 Å². The van der Waals surface area contributed by atoms with E-state index in [-0.39, 0.29) is 0 Å². The number of fused-ring (bicyclic) bond motifs is 1. The fraction of sp³-hybridized carbons (Fsp3) is 0.533. The Hall–Kier alpha value is -0.591. The number of hydrogen-bond donors (Lipinski definition) is 0. The number of carbonyl (C=O) groups excluding carboxylic acids is 1. The topological polar surface area (TPSA) is 17.1 Å². The zero-order valence-corrected chi connectivity index (χ0v) is 11.7. The van der Waals surface area contributed by atoms with Crippen molar-refractivity contribution in [2.75, 3.05) is 0 Å². The molecule has 1 aromatic carbocycles. The number of ketones is 1. The molecule has 0 spiro atoms. The van der Waals surface area contributed by atoms with E-state index in [4.69, 9.17) is 0 Å². The van der Waals surface area contributed by atoms with Crippen LogP contribution in [0.2, 0.25) is 4.82 Å². The molecule has 1 aliphatic carbocycles. The van der Waals surface area contributed by atoms with Gasteiger partial charge in [-0.2, -0.15) is 0 Å². The van der Waals surface area contributed by atoms with Crippen LogP contribution in [0.1, 0.15) is 42.5 Å². The average Bonchev–Trinajstić information content (AvgIpc) is 2.40. The van der Waals surface area contributed by atoms with Crippen molar-refractivity contribution in [3.05, 3.63) is 35.9 Å². The van der Waals surface area contributed by atoms with E-state index in [2.05, 4.69) is 30.3 Å². The predicted molar refractivity (Wildman–Crippen MR) is 70.3 cm³/mol. The second-order valence-corrected chi connectivity index (χ2v) is 8.17. The van der Waals surface area contributed by atoms with Crippen molar-refractivity contribution in [3.63, 3.8) is 0 Å². The molecule has 1 nitrogen and oxygen atoms in total. The SMILES string of the molecule is O=C1C[C@H](c2ccccc2)[Se][C@H]2CCCC[C@H]12. The molecule has 2 heteroatoms.